The van der Waals surface area contributed by atoms with Gasteiger partial charge in [0.25, 0.3) is 0 Å². The molecular weight excluding hydrogens is 217 g/mol. The van der Waals surface area contributed by atoms with Gasteiger partial charge in [0, 0.05) is 12.5 Å². The van der Waals surface area contributed by atoms with E-state index in [1.54, 1.807) is 18.2 Å². The third kappa shape index (κ3) is 2.74. The molecule has 90 valence electrons. The number of aryl methyl sites for hydroxylation is 1. The van der Waals surface area contributed by atoms with Crippen molar-refractivity contribution < 1.29 is 8.81 Å². The van der Waals surface area contributed by atoms with Gasteiger partial charge in [0.05, 0.1) is 5.56 Å². The molecular formula is C14H16FNO. The van der Waals surface area contributed by atoms with Crippen molar-refractivity contribution in [2.75, 3.05) is 0 Å². The van der Waals surface area contributed by atoms with E-state index in [1.165, 1.54) is 6.07 Å². The average molecular weight is 233 g/mol. The van der Waals surface area contributed by atoms with Gasteiger partial charge in [-0.25, -0.2) is 4.39 Å². The minimum absolute atomic E-state index is 0.0383. The highest BCUT2D eigenvalue weighted by Gasteiger charge is 2.10. The van der Waals surface area contributed by atoms with Crippen LogP contribution in [0.4, 0.5) is 4.39 Å². The molecule has 17 heavy (non-hydrogen) atoms. The van der Waals surface area contributed by atoms with E-state index >= 15 is 0 Å². The largest absolute Gasteiger partial charge is 0.461 e. The van der Waals surface area contributed by atoms with Crippen molar-refractivity contribution in [3.05, 3.63) is 47.5 Å². The normalized spacial score (nSPS) is 12.7. The summed E-state index contributed by atoms with van der Waals surface area (Å²) in [7, 11) is 0. The topological polar surface area (TPSA) is 39.2 Å². The maximum Gasteiger partial charge on any atom is 0.137 e. The summed E-state index contributed by atoms with van der Waals surface area (Å²) in [4.78, 5) is 0. The van der Waals surface area contributed by atoms with Gasteiger partial charge in [-0.05, 0) is 38.1 Å². The van der Waals surface area contributed by atoms with Crippen molar-refractivity contribution in [1.82, 2.24) is 0 Å². The molecule has 1 unspecified atom stereocenters. The van der Waals surface area contributed by atoms with Gasteiger partial charge in [-0.1, -0.05) is 11.6 Å². The van der Waals surface area contributed by atoms with Crippen molar-refractivity contribution in [2.24, 2.45) is 5.73 Å². The van der Waals surface area contributed by atoms with Crippen LogP contribution in [-0.4, -0.2) is 6.04 Å². The fourth-order valence-corrected chi connectivity index (χ4v) is 1.78. The number of furan rings is 1. The van der Waals surface area contributed by atoms with Crippen LogP contribution in [0.5, 0.6) is 0 Å². The van der Waals surface area contributed by atoms with Crippen LogP contribution in [0.2, 0.25) is 0 Å². The molecule has 0 spiro atoms. The Labute approximate surface area is 100 Å². The Morgan fingerprint density at radius 1 is 1.29 bits per heavy atom. The van der Waals surface area contributed by atoms with Crippen LogP contribution in [0.15, 0.2) is 34.7 Å². The van der Waals surface area contributed by atoms with Gasteiger partial charge in [-0.15, -0.1) is 0 Å². The molecule has 2 N–H and O–H groups in total. The van der Waals surface area contributed by atoms with E-state index in [0.717, 1.165) is 11.3 Å². The fraction of sp³-hybridized carbons (Fsp3) is 0.286. The van der Waals surface area contributed by atoms with Gasteiger partial charge in [-0.3, -0.25) is 0 Å². The highest BCUT2D eigenvalue weighted by molar-refractivity contribution is 5.59. The molecule has 1 aromatic heterocycles. The van der Waals surface area contributed by atoms with Crippen molar-refractivity contribution in [2.45, 2.75) is 26.3 Å². The van der Waals surface area contributed by atoms with Crippen molar-refractivity contribution in [3.8, 4) is 11.3 Å². The molecule has 0 saturated carbocycles. The summed E-state index contributed by atoms with van der Waals surface area (Å²) in [6, 6.07) is 8.65. The Bertz CT molecular complexity index is 517. The molecule has 0 radical (unpaired) electrons. The minimum Gasteiger partial charge on any atom is -0.461 e. The summed E-state index contributed by atoms with van der Waals surface area (Å²) in [6.45, 7) is 3.84. The quantitative estimate of drug-likeness (QED) is 0.883. The van der Waals surface area contributed by atoms with Crippen molar-refractivity contribution in [1.29, 1.82) is 0 Å². The smallest absolute Gasteiger partial charge is 0.137 e. The van der Waals surface area contributed by atoms with Crippen LogP contribution in [0, 0.1) is 12.7 Å². The van der Waals surface area contributed by atoms with Crippen LogP contribution in [-0.2, 0) is 6.42 Å². The summed E-state index contributed by atoms with van der Waals surface area (Å²) in [5.74, 6) is 1.08. The van der Waals surface area contributed by atoms with Crippen LogP contribution in [0.1, 0.15) is 18.2 Å². The van der Waals surface area contributed by atoms with Crippen LogP contribution < -0.4 is 5.73 Å². The van der Waals surface area contributed by atoms with E-state index in [-0.39, 0.29) is 11.9 Å². The lowest BCUT2D eigenvalue weighted by Crippen LogP contribution is -2.17. The second-order valence-corrected chi connectivity index (χ2v) is 4.43. The number of hydrogen-bond acceptors (Lipinski definition) is 2. The average Bonchev–Trinajstić information content (AvgIpc) is 2.69. The zero-order chi connectivity index (χ0) is 12.4. The van der Waals surface area contributed by atoms with E-state index in [4.69, 9.17) is 10.2 Å². The van der Waals surface area contributed by atoms with Crippen molar-refractivity contribution in [3.63, 3.8) is 0 Å². The first kappa shape index (κ1) is 11.9. The predicted molar refractivity (Wildman–Crippen MR) is 66.2 cm³/mol. The molecule has 3 heteroatoms. The highest BCUT2D eigenvalue weighted by Crippen LogP contribution is 2.26. The zero-order valence-electron chi connectivity index (χ0n) is 10.0. The Morgan fingerprint density at radius 3 is 2.76 bits per heavy atom. The van der Waals surface area contributed by atoms with Crippen molar-refractivity contribution >= 4 is 0 Å². The molecule has 2 rings (SSSR count). The van der Waals surface area contributed by atoms with Gasteiger partial charge >= 0.3 is 0 Å². The molecule has 2 nitrogen and oxygen atoms in total. The first-order valence-electron chi connectivity index (χ1n) is 5.67. The van der Waals surface area contributed by atoms with Crippen LogP contribution in [0.3, 0.4) is 0 Å². The molecule has 1 aromatic carbocycles. The van der Waals surface area contributed by atoms with Crippen LogP contribution in [0.25, 0.3) is 11.3 Å². The van der Waals surface area contributed by atoms with E-state index in [9.17, 15) is 4.39 Å². The zero-order valence-corrected chi connectivity index (χ0v) is 10.0. The fourth-order valence-electron chi connectivity index (χ4n) is 1.78. The molecule has 1 atom stereocenters. The maximum atomic E-state index is 13.6. The third-order valence-corrected chi connectivity index (χ3v) is 2.57. The van der Waals surface area contributed by atoms with E-state index in [1.807, 2.05) is 19.9 Å². The second-order valence-electron chi connectivity index (χ2n) is 4.43. The lowest BCUT2D eigenvalue weighted by Gasteiger charge is -2.03. The molecule has 0 bridgehead atoms. The lowest BCUT2D eigenvalue weighted by atomic mass is 10.1. The number of hydrogen-bond donors (Lipinski definition) is 1. The van der Waals surface area contributed by atoms with Crippen LogP contribution >= 0.6 is 0 Å². The Balaban J connectivity index is 2.33. The summed E-state index contributed by atoms with van der Waals surface area (Å²) >= 11 is 0. The number of nitrogens with two attached hydrogens (primary N) is 1. The second kappa shape index (κ2) is 4.72. The Kier molecular flexibility index (Phi) is 3.29. The molecule has 0 fully saturated rings. The molecule has 0 aliphatic rings. The molecule has 0 aliphatic carbocycles. The number of rotatable bonds is 3. The SMILES string of the molecule is Cc1ccc(F)c(-c2ccc(CC(C)N)o2)c1. The molecule has 0 saturated heterocycles. The summed E-state index contributed by atoms with van der Waals surface area (Å²) < 4.78 is 19.2. The number of halogens is 1. The van der Waals surface area contributed by atoms with E-state index < -0.39 is 0 Å². The summed E-state index contributed by atoms with van der Waals surface area (Å²) in [6.07, 6.45) is 0.660. The standard InChI is InChI=1S/C14H16FNO/c1-9-3-5-13(15)12(7-9)14-6-4-11(17-14)8-10(2)16/h3-7,10H,8,16H2,1-2H3. The van der Waals surface area contributed by atoms with Gasteiger partial charge in [0.1, 0.15) is 17.3 Å². The van der Waals surface area contributed by atoms with Gasteiger partial charge in [-0.2, -0.15) is 0 Å². The summed E-state index contributed by atoms with van der Waals surface area (Å²) in [5.41, 5.74) is 7.20. The number of benzene rings is 1. The first-order chi connectivity index (χ1) is 8.06. The highest BCUT2D eigenvalue weighted by atomic mass is 19.1. The molecule has 0 amide bonds. The Morgan fingerprint density at radius 2 is 2.06 bits per heavy atom. The molecule has 0 aliphatic heterocycles. The van der Waals surface area contributed by atoms with E-state index in [2.05, 4.69) is 0 Å². The Hall–Kier alpha value is -1.61. The lowest BCUT2D eigenvalue weighted by molar-refractivity contribution is 0.499. The first-order valence-corrected chi connectivity index (χ1v) is 5.67. The van der Waals surface area contributed by atoms with E-state index in [0.29, 0.717) is 17.7 Å². The van der Waals surface area contributed by atoms with Gasteiger partial charge in [0.2, 0.25) is 0 Å². The monoisotopic (exact) mass is 233 g/mol. The summed E-state index contributed by atoms with van der Waals surface area (Å²) in [5, 5.41) is 0. The molecule has 1 heterocycles. The predicted octanol–water partition coefficient (Wildman–Crippen LogP) is 3.28. The molecule has 2 aromatic rings. The minimum atomic E-state index is -0.266. The maximum absolute atomic E-state index is 13.6. The third-order valence-electron chi connectivity index (χ3n) is 2.57. The van der Waals surface area contributed by atoms with Gasteiger partial charge in [0.15, 0.2) is 0 Å². The van der Waals surface area contributed by atoms with Gasteiger partial charge < -0.3 is 10.2 Å².